The van der Waals surface area contributed by atoms with Gasteiger partial charge in [-0.25, -0.2) is 9.50 Å². The molecule has 2 aromatic heterocycles. The molecule has 32 heavy (non-hydrogen) atoms. The first-order chi connectivity index (χ1) is 15.5. The van der Waals surface area contributed by atoms with Gasteiger partial charge in [0.2, 0.25) is 5.16 Å². The minimum absolute atomic E-state index is 0.128. The summed E-state index contributed by atoms with van der Waals surface area (Å²) in [6.07, 6.45) is 3.06. The van der Waals surface area contributed by atoms with E-state index >= 15 is 0 Å². The third-order valence-corrected chi connectivity index (χ3v) is 7.14. The van der Waals surface area contributed by atoms with Crippen molar-refractivity contribution in [2.45, 2.75) is 56.4 Å². The molecule has 0 N–H and O–H groups in total. The van der Waals surface area contributed by atoms with Gasteiger partial charge in [0.05, 0.1) is 11.3 Å². The summed E-state index contributed by atoms with van der Waals surface area (Å²) < 4.78 is 1.65. The van der Waals surface area contributed by atoms with E-state index in [4.69, 9.17) is 4.98 Å². The first-order valence-corrected chi connectivity index (χ1v) is 12.0. The summed E-state index contributed by atoms with van der Waals surface area (Å²) in [5, 5.41) is 5.23. The molecular formula is C26H26N4OS. The Kier molecular flexibility index (Phi) is 5.55. The van der Waals surface area contributed by atoms with E-state index in [2.05, 4.69) is 67.3 Å². The van der Waals surface area contributed by atoms with Crippen molar-refractivity contribution in [3.05, 3.63) is 88.2 Å². The molecule has 0 radical (unpaired) electrons. The number of ketones is 1. The molecule has 1 unspecified atom stereocenters. The van der Waals surface area contributed by atoms with Crippen LogP contribution in [0, 0.1) is 6.92 Å². The van der Waals surface area contributed by atoms with Crippen LogP contribution >= 0.6 is 11.8 Å². The van der Waals surface area contributed by atoms with Crippen molar-refractivity contribution in [2.24, 2.45) is 0 Å². The number of thioether (sulfide) groups is 1. The zero-order valence-electron chi connectivity index (χ0n) is 18.6. The van der Waals surface area contributed by atoms with Crippen LogP contribution in [0.15, 0.2) is 59.9 Å². The maximum Gasteiger partial charge on any atom is 0.253 e. The number of fused-ring (bicyclic) bond motifs is 2. The van der Waals surface area contributed by atoms with E-state index < -0.39 is 0 Å². The molecule has 0 saturated carbocycles. The fourth-order valence-corrected chi connectivity index (χ4v) is 5.13. The topological polar surface area (TPSA) is 60.1 Å². The number of aryl methyl sites for hydroxylation is 1. The average molecular weight is 443 g/mol. The highest BCUT2D eigenvalue weighted by Crippen LogP contribution is 2.33. The molecular weight excluding hydrogens is 416 g/mol. The van der Waals surface area contributed by atoms with Crippen molar-refractivity contribution < 1.29 is 4.79 Å². The Morgan fingerprint density at radius 3 is 2.59 bits per heavy atom. The van der Waals surface area contributed by atoms with E-state index in [1.807, 2.05) is 18.3 Å². The van der Waals surface area contributed by atoms with E-state index in [1.165, 1.54) is 22.3 Å². The maximum absolute atomic E-state index is 12.9. The van der Waals surface area contributed by atoms with Crippen LogP contribution in [0.3, 0.4) is 0 Å². The van der Waals surface area contributed by atoms with Gasteiger partial charge >= 0.3 is 0 Å². The van der Waals surface area contributed by atoms with E-state index in [9.17, 15) is 4.79 Å². The smallest absolute Gasteiger partial charge is 0.253 e. The molecule has 162 valence electrons. The molecule has 5 nitrogen and oxygen atoms in total. The standard InChI is InChI=1S/C26H26N4OS/c1-16(2)18-8-10-19(11-9-18)21-12-23-22(24(31)13-21)14-30-25(27-23)28-26(29-30)32-15-20-7-5-4-6-17(20)3/h4-11,14,16,21H,12-13,15H2,1-3H3. The Labute approximate surface area is 192 Å². The molecule has 1 aliphatic carbocycles. The third kappa shape index (κ3) is 4.07. The molecule has 1 atom stereocenters. The molecule has 2 aromatic carbocycles. The van der Waals surface area contributed by atoms with Crippen molar-refractivity contribution in [2.75, 3.05) is 0 Å². The fourth-order valence-electron chi connectivity index (χ4n) is 4.23. The number of carbonyl (C=O) groups is 1. The maximum atomic E-state index is 12.9. The second-order valence-corrected chi connectivity index (χ2v) is 9.75. The van der Waals surface area contributed by atoms with Crippen LogP contribution in [0.4, 0.5) is 0 Å². The predicted octanol–water partition coefficient (Wildman–Crippen LogP) is 5.76. The predicted molar refractivity (Wildman–Crippen MR) is 127 cm³/mol. The summed E-state index contributed by atoms with van der Waals surface area (Å²) in [5.74, 6) is 2.14. The van der Waals surface area contributed by atoms with Crippen LogP contribution in [0.1, 0.15) is 70.4 Å². The summed E-state index contributed by atoms with van der Waals surface area (Å²) in [6, 6.07) is 17.0. The zero-order chi connectivity index (χ0) is 22.2. The molecule has 2 heterocycles. The SMILES string of the molecule is Cc1ccccc1CSc1nc2nc3c(cn2n1)C(=O)CC(c1ccc(C(C)C)cc1)C3. The highest BCUT2D eigenvalue weighted by molar-refractivity contribution is 7.98. The first kappa shape index (κ1) is 20.9. The zero-order valence-corrected chi connectivity index (χ0v) is 19.4. The van der Waals surface area contributed by atoms with E-state index in [0.29, 0.717) is 28.8 Å². The van der Waals surface area contributed by atoms with Crippen LogP contribution in [0.5, 0.6) is 0 Å². The lowest BCUT2D eigenvalue weighted by Gasteiger charge is -2.23. The fraction of sp³-hybridized carbons (Fsp3) is 0.308. The number of hydrogen-bond donors (Lipinski definition) is 0. The van der Waals surface area contributed by atoms with Gasteiger partial charge in [-0.05, 0) is 47.4 Å². The number of rotatable bonds is 5. The molecule has 0 aliphatic heterocycles. The third-order valence-electron chi connectivity index (χ3n) is 6.26. The second kappa shape index (κ2) is 8.51. The Bertz CT molecular complexity index is 1290. The average Bonchev–Trinajstić information content (AvgIpc) is 3.19. The van der Waals surface area contributed by atoms with Gasteiger partial charge in [-0.1, -0.05) is 74.1 Å². The summed E-state index contributed by atoms with van der Waals surface area (Å²) in [6.45, 7) is 6.49. The van der Waals surface area contributed by atoms with Gasteiger partial charge < -0.3 is 0 Å². The van der Waals surface area contributed by atoms with Crippen molar-refractivity contribution in [1.29, 1.82) is 0 Å². The van der Waals surface area contributed by atoms with Crippen molar-refractivity contribution in [3.63, 3.8) is 0 Å². The summed E-state index contributed by atoms with van der Waals surface area (Å²) >= 11 is 1.59. The minimum Gasteiger partial charge on any atom is -0.294 e. The largest absolute Gasteiger partial charge is 0.294 e. The number of aromatic nitrogens is 4. The number of benzene rings is 2. The lowest BCUT2D eigenvalue weighted by Crippen LogP contribution is -2.21. The molecule has 0 amide bonds. The van der Waals surface area contributed by atoms with Crippen LogP contribution in [-0.2, 0) is 12.2 Å². The molecule has 6 heteroatoms. The number of hydrogen-bond acceptors (Lipinski definition) is 5. The molecule has 0 saturated heterocycles. The van der Waals surface area contributed by atoms with Crippen LogP contribution in [0.2, 0.25) is 0 Å². The normalized spacial score (nSPS) is 16.0. The van der Waals surface area contributed by atoms with Gasteiger partial charge in [0.1, 0.15) is 0 Å². The number of carbonyl (C=O) groups excluding carboxylic acids is 1. The Morgan fingerprint density at radius 2 is 1.84 bits per heavy atom. The minimum atomic E-state index is 0.128. The van der Waals surface area contributed by atoms with Crippen molar-refractivity contribution >= 4 is 23.3 Å². The molecule has 5 rings (SSSR count). The summed E-state index contributed by atoms with van der Waals surface area (Å²) in [7, 11) is 0. The molecule has 0 spiro atoms. The van der Waals surface area contributed by atoms with Gasteiger partial charge in [-0.3, -0.25) is 4.79 Å². The summed E-state index contributed by atoms with van der Waals surface area (Å²) in [4.78, 5) is 22.3. The first-order valence-electron chi connectivity index (χ1n) is 11.0. The van der Waals surface area contributed by atoms with Gasteiger partial charge in [-0.2, -0.15) is 4.98 Å². The van der Waals surface area contributed by atoms with E-state index in [0.717, 1.165) is 17.9 Å². The Hall–Kier alpha value is -2.99. The lowest BCUT2D eigenvalue weighted by molar-refractivity contribution is 0.0962. The van der Waals surface area contributed by atoms with Gasteiger partial charge in [-0.15, -0.1) is 5.10 Å². The lowest BCUT2D eigenvalue weighted by atomic mass is 9.81. The molecule has 4 aromatic rings. The Morgan fingerprint density at radius 1 is 1.06 bits per heavy atom. The second-order valence-electron chi connectivity index (χ2n) is 8.81. The van der Waals surface area contributed by atoms with Crippen LogP contribution in [-0.4, -0.2) is 25.4 Å². The van der Waals surface area contributed by atoms with E-state index in [-0.39, 0.29) is 11.7 Å². The van der Waals surface area contributed by atoms with Crippen molar-refractivity contribution in [1.82, 2.24) is 19.6 Å². The quantitative estimate of drug-likeness (QED) is 0.368. The molecule has 0 bridgehead atoms. The highest BCUT2D eigenvalue weighted by Gasteiger charge is 2.28. The van der Waals surface area contributed by atoms with Crippen LogP contribution in [0.25, 0.3) is 5.78 Å². The van der Waals surface area contributed by atoms with Gasteiger partial charge in [0, 0.05) is 18.4 Å². The van der Waals surface area contributed by atoms with Gasteiger partial charge in [0.25, 0.3) is 5.78 Å². The number of nitrogens with zero attached hydrogens (tertiary/aromatic N) is 4. The number of Topliss-reactive ketones (excluding diaryl/α,β-unsaturated/α-hetero) is 1. The van der Waals surface area contributed by atoms with Crippen molar-refractivity contribution in [3.8, 4) is 0 Å². The monoisotopic (exact) mass is 442 g/mol. The Balaban J connectivity index is 1.38. The highest BCUT2D eigenvalue weighted by atomic mass is 32.2. The van der Waals surface area contributed by atoms with E-state index in [1.54, 1.807) is 16.3 Å². The van der Waals surface area contributed by atoms with Crippen LogP contribution < -0.4 is 0 Å². The molecule has 0 fully saturated rings. The molecule has 1 aliphatic rings. The van der Waals surface area contributed by atoms with Gasteiger partial charge in [0.15, 0.2) is 5.78 Å². The summed E-state index contributed by atoms with van der Waals surface area (Å²) in [5.41, 5.74) is 6.55.